The fourth-order valence-corrected chi connectivity index (χ4v) is 2.75. The number of nitrogens with zero attached hydrogens (tertiary/aromatic N) is 4. The van der Waals surface area contributed by atoms with Crippen LogP contribution >= 0.6 is 0 Å². The molecule has 0 bridgehead atoms. The molecule has 2 heterocycles. The van der Waals surface area contributed by atoms with Gasteiger partial charge in [0.2, 0.25) is 0 Å². The minimum Gasteiger partial charge on any atom is -0.409 e. The van der Waals surface area contributed by atoms with Crippen LogP contribution in [-0.4, -0.2) is 33.8 Å². The number of amidine groups is 1. The molecule has 1 saturated heterocycles. The molecular formula is C13H21N5O. The Hall–Kier alpha value is -1.85. The third-order valence-electron chi connectivity index (χ3n) is 3.86. The van der Waals surface area contributed by atoms with Gasteiger partial charge in [-0.3, -0.25) is 0 Å². The number of aryl methyl sites for hydroxylation is 1. The Labute approximate surface area is 113 Å². The smallest absolute Gasteiger partial charge is 0.174 e. The summed E-state index contributed by atoms with van der Waals surface area (Å²) in [5.41, 5.74) is 8.21. The van der Waals surface area contributed by atoms with Crippen LogP contribution in [0.5, 0.6) is 0 Å². The van der Waals surface area contributed by atoms with Crippen LogP contribution in [0.15, 0.2) is 5.16 Å². The first-order valence-electron chi connectivity index (χ1n) is 6.54. The van der Waals surface area contributed by atoms with E-state index in [1.807, 2.05) is 13.8 Å². The monoisotopic (exact) mass is 263 g/mol. The number of rotatable bonds is 2. The van der Waals surface area contributed by atoms with Crippen LogP contribution in [0.4, 0.5) is 5.82 Å². The van der Waals surface area contributed by atoms with Gasteiger partial charge in [-0.2, -0.15) is 5.10 Å². The predicted molar refractivity (Wildman–Crippen MR) is 74.6 cm³/mol. The largest absolute Gasteiger partial charge is 0.409 e. The van der Waals surface area contributed by atoms with Crippen molar-refractivity contribution < 1.29 is 5.21 Å². The summed E-state index contributed by atoms with van der Waals surface area (Å²) in [6.45, 7) is 9.09. The number of nitrogens with two attached hydrogens (primary N) is 1. The summed E-state index contributed by atoms with van der Waals surface area (Å²) in [6.07, 6.45) is 1.12. The molecule has 1 aromatic rings. The first kappa shape index (κ1) is 13.6. The van der Waals surface area contributed by atoms with Crippen molar-refractivity contribution in [1.82, 2.24) is 10.2 Å². The highest BCUT2D eigenvalue weighted by Crippen LogP contribution is 2.31. The number of hydrogen-bond donors (Lipinski definition) is 2. The molecule has 3 N–H and O–H groups in total. The molecule has 0 spiro atoms. The van der Waals surface area contributed by atoms with Crippen molar-refractivity contribution in [2.24, 2.45) is 16.8 Å². The highest BCUT2D eigenvalue weighted by Gasteiger charge is 2.30. The van der Waals surface area contributed by atoms with E-state index in [0.717, 1.165) is 30.0 Å². The molecule has 1 aliphatic heterocycles. The summed E-state index contributed by atoms with van der Waals surface area (Å²) in [5.74, 6) is 1.42. The molecule has 1 fully saturated rings. The second kappa shape index (κ2) is 5.03. The second-order valence-corrected chi connectivity index (χ2v) is 5.44. The minimum atomic E-state index is 0.0947. The van der Waals surface area contributed by atoms with Gasteiger partial charge in [-0.15, -0.1) is 5.10 Å². The lowest BCUT2D eigenvalue weighted by Gasteiger charge is -2.25. The van der Waals surface area contributed by atoms with Gasteiger partial charge in [0.05, 0.1) is 11.3 Å². The Morgan fingerprint density at radius 2 is 2.05 bits per heavy atom. The third-order valence-corrected chi connectivity index (χ3v) is 3.86. The van der Waals surface area contributed by atoms with Gasteiger partial charge in [0.25, 0.3) is 0 Å². The molecule has 6 heteroatoms. The zero-order valence-electron chi connectivity index (χ0n) is 11.9. The highest BCUT2D eigenvalue weighted by molar-refractivity contribution is 6.02. The molecule has 6 nitrogen and oxygen atoms in total. The zero-order chi connectivity index (χ0) is 14.2. The molecule has 0 aromatic carbocycles. The summed E-state index contributed by atoms with van der Waals surface area (Å²) in [4.78, 5) is 2.19. The van der Waals surface area contributed by atoms with Gasteiger partial charge in [-0.25, -0.2) is 0 Å². The Morgan fingerprint density at radius 1 is 1.37 bits per heavy atom. The van der Waals surface area contributed by atoms with E-state index in [1.165, 1.54) is 0 Å². The Balaban J connectivity index is 2.54. The van der Waals surface area contributed by atoms with Crippen molar-refractivity contribution in [3.63, 3.8) is 0 Å². The Bertz CT molecular complexity index is 514. The van der Waals surface area contributed by atoms with Crippen LogP contribution < -0.4 is 10.6 Å². The van der Waals surface area contributed by atoms with Gasteiger partial charge in [-0.05, 0) is 38.7 Å². The summed E-state index contributed by atoms with van der Waals surface area (Å²) in [6, 6.07) is 0.386. The average molecular weight is 263 g/mol. The number of hydrogen-bond acceptors (Lipinski definition) is 5. The first-order chi connectivity index (χ1) is 8.95. The molecule has 1 aromatic heterocycles. The molecule has 104 valence electrons. The minimum absolute atomic E-state index is 0.0947. The second-order valence-electron chi connectivity index (χ2n) is 5.44. The van der Waals surface area contributed by atoms with E-state index < -0.39 is 0 Å². The maximum absolute atomic E-state index is 8.98. The standard InChI is InChI=1S/C13H21N5O/c1-7-5-8(2)18(6-7)13-11(12(14)17-19)9(3)10(4)15-16-13/h7-8,19H,5-6H2,1-4H3,(H2,14,17). The average Bonchev–Trinajstić information content (AvgIpc) is 2.70. The van der Waals surface area contributed by atoms with E-state index in [4.69, 9.17) is 10.9 Å². The lowest BCUT2D eigenvalue weighted by atomic mass is 10.1. The van der Waals surface area contributed by atoms with Crippen molar-refractivity contribution in [2.75, 3.05) is 11.4 Å². The molecule has 1 aliphatic rings. The van der Waals surface area contributed by atoms with E-state index in [1.54, 1.807) is 0 Å². The molecule has 19 heavy (non-hydrogen) atoms. The van der Waals surface area contributed by atoms with Gasteiger partial charge in [0.1, 0.15) is 0 Å². The topological polar surface area (TPSA) is 87.6 Å². The SMILES string of the molecule is Cc1nnc(N2CC(C)CC2C)c(C(N)=NO)c1C. The Morgan fingerprint density at radius 3 is 2.58 bits per heavy atom. The van der Waals surface area contributed by atoms with E-state index in [2.05, 4.69) is 34.1 Å². The van der Waals surface area contributed by atoms with Crippen molar-refractivity contribution in [2.45, 2.75) is 40.2 Å². The van der Waals surface area contributed by atoms with Gasteiger partial charge in [0.15, 0.2) is 11.7 Å². The van der Waals surface area contributed by atoms with Crippen molar-refractivity contribution >= 4 is 11.7 Å². The first-order valence-corrected chi connectivity index (χ1v) is 6.54. The van der Waals surface area contributed by atoms with Crippen LogP contribution in [0.1, 0.15) is 37.1 Å². The van der Waals surface area contributed by atoms with Crippen LogP contribution in [0.25, 0.3) is 0 Å². The van der Waals surface area contributed by atoms with Crippen molar-refractivity contribution in [3.05, 3.63) is 16.8 Å². The third kappa shape index (κ3) is 2.34. The van der Waals surface area contributed by atoms with Crippen molar-refractivity contribution in [1.29, 1.82) is 0 Å². The van der Waals surface area contributed by atoms with E-state index in [0.29, 0.717) is 17.5 Å². The fraction of sp³-hybridized carbons (Fsp3) is 0.615. The number of oxime groups is 1. The number of aromatic nitrogens is 2. The van der Waals surface area contributed by atoms with Gasteiger partial charge in [-0.1, -0.05) is 12.1 Å². The highest BCUT2D eigenvalue weighted by atomic mass is 16.4. The van der Waals surface area contributed by atoms with Crippen molar-refractivity contribution in [3.8, 4) is 0 Å². The lowest BCUT2D eigenvalue weighted by molar-refractivity contribution is 0.318. The maximum Gasteiger partial charge on any atom is 0.174 e. The summed E-state index contributed by atoms with van der Waals surface area (Å²) < 4.78 is 0. The predicted octanol–water partition coefficient (Wildman–Crippen LogP) is 1.42. The molecule has 0 radical (unpaired) electrons. The fourth-order valence-electron chi connectivity index (χ4n) is 2.75. The van der Waals surface area contributed by atoms with E-state index in [-0.39, 0.29) is 5.84 Å². The maximum atomic E-state index is 8.98. The van der Waals surface area contributed by atoms with Crippen LogP contribution in [0.3, 0.4) is 0 Å². The van der Waals surface area contributed by atoms with Crippen LogP contribution in [0, 0.1) is 19.8 Å². The quantitative estimate of drug-likeness (QED) is 0.365. The molecule has 2 atom stereocenters. The normalized spacial score (nSPS) is 24.0. The molecular weight excluding hydrogens is 242 g/mol. The molecule has 2 rings (SSSR count). The lowest BCUT2D eigenvalue weighted by Crippen LogP contribution is -2.32. The zero-order valence-corrected chi connectivity index (χ0v) is 11.9. The molecule has 0 aliphatic carbocycles. The molecule has 0 amide bonds. The van der Waals surface area contributed by atoms with E-state index in [9.17, 15) is 0 Å². The molecule has 2 unspecified atom stereocenters. The van der Waals surface area contributed by atoms with Gasteiger partial charge >= 0.3 is 0 Å². The van der Waals surface area contributed by atoms with E-state index >= 15 is 0 Å². The summed E-state index contributed by atoms with van der Waals surface area (Å²) >= 11 is 0. The van der Waals surface area contributed by atoms with Gasteiger partial charge in [0, 0.05) is 12.6 Å². The summed E-state index contributed by atoms with van der Waals surface area (Å²) in [5, 5.41) is 20.6. The Kier molecular flexibility index (Phi) is 3.59. The number of anilines is 1. The van der Waals surface area contributed by atoms with Gasteiger partial charge < -0.3 is 15.8 Å². The van der Waals surface area contributed by atoms with Crippen LogP contribution in [-0.2, 0) is 0 Å². The molecule has 0 saturated carbocycles. The van der Waals surface area contributed by atoms with Crippen LogP contribution in [0.2, 0.25) is 0 Å². The summed E-state index contributed by atoms with van der Waals surface area (Å²) in [7, 11) is 0.